The summed E-state index contributed by atoms with van der Waals surface area (Å²) in [6, 6.07) is 15.0. The van der Waals surface area contributed by atoms with Crippen molar-refractivity contribution < 1.29 is 4.74 Å². The van der Waals surface area contributed by atoms with Gasteiger partial charge in [-0.05, 0) is 43.8 Å². The maximum Gasteiger partial charge on any atom is 0.121 e. The van der Waals surface area contributed by atoms with Gasteiger partial charge < -0.3 is 15.0 Å². The minimum absolute atomic E-state index is 0. The zero-order valence-electron chi connectivity index (χ0n) is 13.7. The third kappa shape index (κ3) is 3.77. The number of fused-ring (bicyclic) bond motifs is 2. The Bertz CT molecular complexity index is 665. The summed E-state index contributed by atoms with van der Waals surface area (Å²) < 4.78 is 5.42. The number of methoxy groups -OCH3 is 1. The summed E-state index contributed by atoms with van der Waals surface area (Å²) in [7, 11) is 3.73. The van der Waals surface area contributed by atoms with Crippen molar-refractivity contribution >= 4 is 35.5 Å². The average molecular weight is 351 g/mol. The predicted molar refractivity (Wildman–Crippen MR) is 101 cm³/mol. The van der Waals surface area contributed by atoms with Crippen molar-refractivity contribution in [2.45, 2.75) is 16.7 Å². The zero-order valence-corrected chi connectivity index (χ0v) is 15.3. The molecule has 0 spiro atoms. The molecule has 23 heavy (non-hydrogen) atoms. The first-order valence-electron chi connectivity index (χ1n) is 7.60. The molecule has 3 nitrogen and oxygen atoms in total. The maximum absolute atomic E-state index is 5.42. The van der Waals surface area contributed by atoms with Crippen LogP contribution in [0.2, 0.25) is 0 Å². The topological polar surface area (TPSA) is 24.5 Å². The molecule has 0 saturated heterocycles. The number of para-hydroxylation sites is 1. The van der Waals surface area contributed by atoms with E-state index in [9.17, 15) is 0 Å². The summed E-state index contributed by atoms with van der Waals surface area (Å²) in [5.41, 5.74) is 2.53. The fraction of sp³-hybridized carbons (Fsp3) is 0.333. The Morgan fingerprint density at radius 3 is 2.61 bits per heavy atom. The van der Waals surface area contributed by atoms with E-state index in [1.54, 1.807) is 7.11 Å². The SMILES string of the molecule is CNCC(C)CN1c2ccccc2Sc2ccc(OC)cc21.Cl. The molecule has 0 aliphatic carbocycles. The van der Waals surface area contributed by atoms with Crippen molar-refractivity contribution in [3.05, 3.63) is 42.5 Å². The molecule has 0 radical (unpaired) electrons. The molecular formula is C18H23ClN2OS. The second-order valence-corrected chi connectivity index (χ2v) is 6.76. The number of nitrogens with one attached hydrogen (secondary N) is 1. The van der Waals surface area contributed by atoms with Crippen molar-refractivity contribution in [2.75, 3.05) is 32.1 Å². The van der Waals surface area contributed by atoms with E-state index in [2.05, 4.69) is 53.5 Å². The fourth-order valence-electron chi connectivity index (χ4n) is 2.86. The molecule has 1 atom stereocenters. The van der Waals surface area contributed by atoms with Gasteiger partial charge in [0, 0.05) is 22.4 Å². The monoisotopic (exact) mass is 350 g/mol. The minimum atomic E-state index is 0. The molecule has 3 rings (SSSR count). The van der Waals surface area contributed by atoms with Crippen LogP contribution in [0.3, 0.4) is 0 Å². The predicted octanol–water partition coefficient (Wildman–Crippen LogP) is 4.58. The third-order valence-electron chi connectivity index (χ3n) is 3.88. The molecule has 1 heterocycles. The molecule has 5 heteroatoms. The van der Waals surface area contributed by atoms with Crippen LogP contribution in [0.4, 0.5) is 11.4 Å². The number of rotatable bonds is 5. The largest absolute Gasteiger partial charge is 0.497 e. The highest BCUT2D eigenvalue weighted by Gasteiger charge is 2.24. The van der Waals surface area contributed by atoms with Crippen LogP contribution in [0.5, 0.6) is 5.75 Å². The Labute approximate surface area is 148 Å². The highest BCUT2D eigenvalue weighted by molar-refractivity contribution is 7.99. The van der Waals surface area contributed by atoms with E-state index >= 15 is 0 Å². The van der Waals surface area contributed by atoms with Gasteiger partial charge in [0.1, 0.15) is 5.75 Å². The molecule has 2 aromatic rings. The summed E-state index contributed by atoms with van der Waals surface area (Å²) in [6.45, 7) is 4.27. The Morgan fingerprint density at radius 1 is 1.13 bits per heavy atom. The van der Waals surface area contributed by atoms with E-state index in [0.717, 1.165) is 18.8 Å². The van der Waals surface area contributed by atoms with Crippen LogP contribution < -0.4 is 15.0 Å². The second-order valence-electron chi connectivity index (χ2n) is 5.68. The summed E-state index contributed by atoms with van der Waals surface area (Å²) in [5, 5.41) is 3.27. The van der Waals surface area contributed by atoms with Crippen LogP contribution in [-0.4, -0.2) is 27.2 Å². The molecule has 1 unspecified atom stereocenters. The molecule has 0 aromatic heterocycles. The number of ether oxygens (including phenoxy) is 1. The van der Waals surface area contributed by atoms with Crippen LogP contribution in [0.25, 0.3) is 0 Å². The van der Waals surface area contributed by atoms with Gasteiger partial charge >= 0.3 is 0 Å². The number of halogens is 1. The first-order chi connectivity index (χ1) is 10.7. The highest BCUT2D eigenvalue weighted by atomic mass is 35.5. The van der Waals surface area contributed by atoms with E-state index < -0.39 is 0 Å². The normalized spacial score (nSPS) is 13.6. The summed E-state index contributed by atoms with van der Waals surface area (Å²) in [4.78, 5) is 5.03. The standard InChI is InChI=1S/C18H22N2OS.ClH/c1-13(11-19-2)12-20-15-6-4-5-7-17(15)22-18-9-8-14(21-3)10-16(18)20;/h4-10,13,19H,11-12H2,1-3H3;1H. The lowest BCUT2D eigenvalue weighted by Crippen LogP contribution is -2.30. The van der Waals surface area contributed by atoms with Crippen LogP contribution in [0.15, 0.2) is 52.3 Å². The fourth-order valence-corrected chi connectivity index (χ4v) is 3.93. The van der Waals surface area contributed by atoms with Gasteiger partial charge in [-0.15, -0.1) is 12.4 Å². The van der Waals surface area contributed by atoms with Gasteiger partial charge in [0.25, 0.3) is 0 Å². The van der Waals surface area contributed by atoms with Crippen LogP contribution in [0, 0.1) is 5.92 Å². The lowest BCUT2D eigenvalue weighted by molar-refractivity contribution is 0.414. The zero-order chi connectivity index (χ0) is 15.5. The molecule has 1 aliphatic heterocycles. The van der Waals surface area contributed by atoms with Gasteiger partial charge in [0.05, 0.1) is 18.5 Å². The Balaban J connectivity index is 0.00000192. The summed E-state index contributed by atoms with van der Waals surface area (Å²) >= 11 is 1.83. The van der Waals surface area contributed by atoms with E-state index in [0.29, 0.717) is 5.92 Å². The van der Waals surface area contributed by atoms with Crippen molar-refractivity contribution in [3.63, 3.8) is 0 Å². The lowest BCUT2D eigenvalue weighted by atomic mass is 10.1. The molecule has 0 saturated carbocycles. The molecule has 1 aliphatic rings. The van der Waals surface area contributed by atoms with Crippen LogP contribution in [-0.2, 0) is 0 Å². The number of benzene rings is 2. The molecule has 2 aromatic carbocycles. The van der Waals surface area contributed by atoms with E-state index in [-0.39, 0.29) is 12.4 Å². The second kappa shape index (κ2) is 7.95. The Hall–Kier alpha value is -1.36. The van der Waals surface area contributed by atoms with Crippen LogP contribution in [0.1, 0.15) is 6.92 Å². The first-order valence-corrected chi connectivity index (χ1v) is 8.41. The van der Waals surface area contributed by atoms with Crippen molar-refractivity contribution in [1.29, 1.82) is 0 Å². The van der Waals surface area contributed by atoms with Gasteiger partial charge in [0.2, 0.25) is 0 Å². The first kappa shape index (κ1) is 18.0. The van der Waals surface area contributed by atoms with Gasteiger partial charge in [0.15, 0.2) is 0 Å². The number of nitrogens with zero attached hydrogens (tertiary/aromatic N) is 1. The van der Waals surface area contributed by atoms with Gasteiger partial charge in [-0.25, -0.2) is 0 Å². The number of hydrogen-bond donors (Lipinski definition) is 1. The van der Waals surface area contributed by atoms with Crippen molar-refractivity contribution in [2.24, 2.45) is 5.92 Å². The molecule has 1 N–H and O–H groups in total. The molecular weight excluding hydrogens is 328 g/mol. The summed E-state index contributed by atoms with van der Waals surface area (Å²) in [5.74, 6) is 1.46. The minimum Gasteiger partial charge on any atom is -0.497 e. The quantitative estimate of drug-likeness (QED) is 0.853. The van der Waals surface area contributed by atoms with Crippen molar-refractivity contribution in [1.82, 2.24) is 5.32 Å². The molecule has 0 fully saturated rings. The molecule has 0 amide bonds. The Kier molecular flexibility index (Phi) is 6.22. The molecule has 124 valence electrons. The van der Waals surface area contributed by atoms with Gasteiger partial charge in [-0.2, -0.15) is 0 Å². The Morgan fingerprint density at radius 2 is 1.87 bits per heavy atom. The van der Waals surface area contributed by atoms with Gasteiger partial charge in [-0.1, -0.05) is 30.8 Å². The van der Waals surface area contributed by atoms with Crippen molar-refractivity contribution in [3.8, 4) is 5.75 Å². The van der Waals surface area contributed by atoms with E-state index in [1.165, 1.54) is 21.2 Å². The number of anilines is 2. The van der Waals surface area contributed by atoms with E-state index in [1.807, 2.05) is 24.9 Å². The highest BCUT2D eigenvalue weighted by Crippen LogP contribution is 2.49. The maximum atomic E-state index is 5.42. The smallest absolute Gasteiger partial charge is 0.121 e. The average Bonchev–Trinajstić information content (AvgIpc) is 2.54. The lowest BCUT2D eigenvalue weighted by Gasteiger charge is -2.34. The summed E-state index contributed by atoms with van der Waals surface area (Å²) in [6.07, 6.45) is 0. The van der Waals surface area contributed by atoms with Gasteiger partial charge in [-0.3, -0.25) is 0 Å². The molecule has 0 bridgehead atoms. The number of hydrogen-bond acceptors (Lipinski definition) is 4. The van der Waals surface area contributed by atoms with Crippen LogP contribution >= 0.6 is 24.2 Å². The third-order valence-corrected chi connectivity index (χ3v) is 5.01. The van der Waals surface area contributed by atoms with E-state index in [4.69, 9.17) is 4.74 Å².